The summed E-state index contributed by atoms with van der Waals surface area (Å²) < 4.78 is 0. The number of aryl methyl sites for hydroxylation is 1. The number of hydrogen-bond donors (Lipinski definition) is 6. The molecule has 6 N–H and O–H groups in total. The average molecular weight is 589 g/mol. The smallest absolute Gasteiger partial charge is 0.335 e. The molecule has 43 heavy (non-hydrogen) atoms. The maximum atomic E-state index is 13.2. The van der Waals surface area contributed by atoms with Crippen molar-refractivity contribution in [2.45, 2.75) is 57.3 Å². The summed E-state index contributed by atoms with van der Waals surface area (Å²) in [5, 5.41) is 29.5. The van der Waals surface area contributed by atoms with Gasteiger partial charge in [0.05, 0.1) is 11.6 Å². The SMILES string of the molecule is C[C@H](NC(=O)[C@H](C)N[C@@H](CCc1ccccc1)C(=O)O)C(=O)N[C@@H](Cc1ccccc1)C(=O)Nc1ccc(C(=O)O)cc1. The van der Waals surface area contributed by atoms with Crippen molar-refractivity contribution in [1.82, 2.24) is 16.0 Å². The predicted molar refractivity (Wildman–Crippen MR) is 160 cm³/mol. The Morgan fingerprint density at radius 3 is 1.77 bits per heavy atom. The summed E-state index contributed by atoms with van der Waals surface area (Å²) in [4.78, 5) is 62.0. The molecule has 3 rings (SSSR count). The third-order valence-electron chi connectivity index (χ3n) is 6.77. The van der Waals surface area contributed by atoms with E-state index in [1.165, 1.54) is 38.1 Å². The maximum absolute atomic E-state index is 13.2. The van der Waals surface area contributed by atoms with Crippen LogP contribution in [0, 0.1) is 0 Å². The van der Waals surface area contributed by atoms with E-state index < -0.39 is 53.8 Å². The molecule has 0 aliphatic carbocycles. The molecule has 3 aromatic carbocycles. The molecule has 0 saturated carbocycles. The van der Waals surface area contributed by atoms with E-state index in [-0.39, 0.29) is 18.4 Å². The topological polar surface area (TPSA) is 174 Å². The summed E-state index contributed by atoms with van der Waals surface area (Å²) in [7, 11) is 0. The van der Waals surface area contributed by atoms with Gasteiger partial charge < -0.3 is 26.2 Å². The van der Waals surface area contributed by atoms with E-state index in [1.807, 2.05) is 48.5 Å². The second-order valence-corrected chi connectivity index (χ2v) is 10.2. The van der Waals surface area contributed by atoms with Crippen molar-refractivity contribution in [3.63, 3.8) is 0 Å². The Morgan fingerprint density at radius 1 is 0.651 bits per heavy atom. The molecular weight excluding hydrogens is 552 g/mol. The second-order valence-electron chi connectivity index (χ2n) is 10.2. The number of benzene rings is 3. The normalized spacial score (nSPS) is 13.5. The Kier molecular flexibility index (Phi) is 12.0. The zero-order valence-corrected chi connectivity index (χ0v) is 23.9. The highest BCUT2D eigenvalue weighted by atomic mass is 16.4. The highest BCUT2D eigenvalue weighted by Gasteiger charge is 2.28. The molecule has 0 radical (unpaired) electrons. The first-order valence-electron chi connectivity index (χ1n) is 13.8. The summed E-state index contributed by atoms with van der Waals surface area (Å²) in [5.74, 6) is -3.91. The highest BCUT2D eigenvalue weighted by Crippen LogP contribution is 2.12. The number of carbonyl (C=O) groups is 5. The van der Waals surface area contributed by atoms with E-state index in [0.717, 1.165) is 11.1 Å². The van der Waals surface area contributed by atoms with Crippen molar-refractivity contribution in [2.75, 3.05) is 5.32 Å². The van der Waals surface area contributed by atoms with Crippen LogP contribution >= 0.6 is 0 Å². The zero-order chi connectivity index (χ0) is 31.4. The van der Waals surface area contributed by atoms with Gasteiger partial charge in [-0.15, -0.1) is 0 Å². The van der Waals surface area contributed by atoms with E-state index in [4.69, 9.17) is 5.11 Å². The number of aromatic carboxylic acids is 1. The lowest BCUT2D eigenvalue weighted by atomic mass is 10.0. The zero-order valence-electron chi connectivity index (χ0n) is 23.9. The van der Waals surface area contributed by atoms with Crippen molar-refractivity contribution in [2.24, 2.45) is 0 Å². The van der Waals surface area contributed by atoms with Crippen LogP contribution in [0.15, 0.2) is 84.9 Å². The van der Waals surface area contributed by atoms with Crippen LogP contribution < -0.4 is 21.3 Å². The van der Waals surface area contributed by atoms with Gasteiger partial charge in [0.25, 0.3) is 0 Å². The largest absolute Gasteiger partial charge is 0.480 e. The fourth-order valence-electron chi connectivity index (χ4n) is 4.30. The molecule has 0 bridgehead atoms. The minimum Gasteiger partial charge on any atom is -0.480 e. The number of carboxylic acids is 2. The summed E-state index contributed by atoms with van der Waals surface area (Å²) in [6.45, 7) is 2.98. The third-order valence-corrected chi connectivity index (χ3v) is 6.77. The van der Waals surface area contributed by atoms with Crippen LogP contribution in [0.25, 0.3) is 0 Å². The lowest BCUT2D eigenvalue weighted by Gasteiger charge is -2.24. The molecule has 3 amide bonds. The first-order chi connectivity index (χ1) is 20.5. The fraction of sp³-hybridized carbons (Fsp3) is 0.281. The molecule has 226 valence electrons. The molecule has 0 heterocycles. The maximum Gasteiger partial charge on any atom is 0.335 e. The quantitative estimate of drug-likeness (QED) is 0.157. The summed E-state index contributed by atoms with van der Waals surface area (Å²) >= 11 is 0. The van der Waals surface area contributed by atoms with Gasteiger partial charge in [0, 0.05) is 12.1 Å². The highest BCUT2D eigenvalue weighted by molar-refractivity contribution is 5.99. The van der Waals surface area contributed by atoms with E-state index >= 15 is 0 Å². The van der Waals surface area contributed by atoms with E-state index in [2.05, 4.69) is 21.3 Å². The van der Waals surface area contributed by atoms with Crippen LogP contribution in [0.4, 0.5) is 5.69 Å². The van der Waals surface area contributed by atoms with Crippen molar-refractivity contribution >= 4 is 35.3 Å². The first-order valence-corrected chi connectivity index (χ1v) is 13.8. The number of hydrogen-bond acceptors (Lipinski definition) is 6. The lowest BCUT2D eigenvalue weighted by molar-refractivity contribution is -0.140. The summed E-state index contributed by atoms with van der Waals surface area (Å²) in [6, 6.07) is 20.1. The van der Waals surface area contributed by atoms with Gasteiger partial charge in [-0.25, -0.2) is 4.79 Å². The molecular formula is C32H36N4O7. The van der Waals surface area contributed by atoms with Gasteiger partial charge >= 0.3 is 11.9 Å². The van der Waals surface area contributed by atoms with Crippen LogP contribution in [0.3, 0.4) is 0 Å². The van der Waals surface area contributed by atoms with Gasteiger partial charge in [0.1, 0.15) is 18.1 Å². The average Bonchev–Trinajstić information content (AvgIpc) is 2.99. The minimum absolute atomic E-state index is 0.0614. The Balaban J connectivity index is 1.61. The Hall–Kier alpha value is -5.03. The molecule has 0 saturated heterocycles. The van der Waals surface area contributed by atoms with Crippen molar-refractivity contribution in [1.29, 1.82) is 0 Å². The number of aliphatic carboxylic acids is 1. The standard InChI is InChI=1S/C32H36N4O7/c1-20(33-26(32(42)43)18-13-22-9-5-3-6-10-22)28(37)34-21(2)29(38)36-27(19-23-11-7-4-8-12-23)30(39)35-25-16-14-24(15-17-25)31(40)41/h3-12,14-17,20-21,26-27,33H,13,18-19H2,1-2H3,(H,34,37)(H,35,39)(H,36,38)(H,40,41)(H,42,43)/t20-,21-,26-,27-/m0/s1. The van der Waals surface area contributed by atoms with Gasteiger partial charge in [-0.2, -0.15) is 0 Å². The molecule has 0 aromatic heterocycles. The fourth-order valence-corrected chi connectivity index (χ4v) is 4.30. The molecule has 0 fully saturated rings. The molecule has 11 heteroatoms. The van der Waals surface area contributed by atoms with Crippen molar-refractivity contribution in [3.05, 3.63) is 102 Å². The van der Waals surface area contributed by atoms with E-state index in [1.54, 1.807) is 12.1 Å². The summed E-state index contributed by atoms with van der Waals surface area (Å²) in [5.41, 5.74) is 2.17. The Morgan fingerprint density at radius 2 is 1.21 bits per heavy atom. The van der Waals surface area contributed by atoms with Crippen LogP contribution in [0.5, 0.6) is 0 Å². The second kappa shape index (κ2) is 15.8. The van der Waals surface area contributed by atoms with Gasteiger partial charge in [-0.05, 0) is 62.1 Å². The molecule has 4 atom stereocenters. The van der Waals surface area contributed by atoms with Crippen molar-refractivity contribution < 1.29 is 34.2 Å². The number of carboxylic acid groups (broad SMARTS) is 2. The van der Waals surface area contributed by atoms with Crippen LogP contribution in [0.1, 0.15) is 41.8 Å². The molecule has 0 aliphatic heterocycles. The number of anilines is 1. The van der Waals surface area contributed by atoms with Gasteiger partial charge in [-0.1, -0.05) is 60.7 Å². The molecule has 0 aliphatic rings. The molecule has 0 spiro atoms. The first kappa shape index (κ1) is 32.5. The van der Waals surface area contributed by atoms with E-state index in [0.29, 0.717) is 12.1 Å². The Labute approximate surface area is 249 Å². The van der Waals surface area contributed by atoms with Crippen LogP contribution in [0.2, 0.25) is 0 Å². The lowest BCUT2D eigenvalue weighted by Crippen LogP contribution is -2.56. The van der Waals surface area contributed by atoms with Crippen molar-refractivity contribution in [3.8, 4) is 0 Å². The number of amides is 3. The van der Waals surface area contributed by atoms with Crippen LogP contribution in [-0.2, 0) is 32.0 Å². The van der Waals surface area contributed by atoms with E-state index in [9.17, 15) is 29.1 Å². The molecule has 3 aromatic rings. The molecule has 11 nitrogen and oxygen atoms in total. The predicted octanol–water partition coefficient (Wildman–Crippen LogP) is 2.62. The van der Waals surface area contributed by atoms with Crippen LogP contribution in [-0.4, -0.2) is 64.0 Å². The minimum atomic E-state index is -1.10. The monoisotopic (exact) mass is 588 g/mol. The van der Waals surface area contributed by atoms with Gasteiger partial charge in [0.2, 0.25) is 17.7 Å². The number of rotatable bonds is 15. The third kappa shape index (κ3) is 10.4. The number of carbonyl (C=O) groups excluding carboxylic acids is 3. The van der Waals surface area contributed by atoms with Gasteiger partial charge in [0.15, 0.2) is 0 Å². The van der Waals surface area contributed by atoms with Gasteiger partial charge in [-0.3, -0.25) is 24.5 Å². The molecule has 0 unspecified atom stereocenters. The summed E-state index contributed by atoms with van der Waals surface area (Å²) in [6.07, 6.45) is 0.931. The Bertz CT molecular complexity index is 1400. The number of nitrogens with one attached hydrogen (secondary N) is 4.